The standard InChI is InChI=1S/C15H24N2O/c1-5-12(3)17(6-2)14(18)15(4,16)13-10-8-7-9-11-13/h7-12H,5-6,16H2,1-4H3. The van der Waals surface area contributed by atoms with Crippen LogP contribution >= 0.6 is 0 Å². The summed E-state index contributed by atoms with van der Waals surface area (Å²) in [6, 6.07) is 9.77. The van der Waals surface area contributed by atoms with E-state index < -0.39 is 5.54 Å². The minimum atomic E-state index is -0.958. The highest BCUT2D eigenvalue weighted by atomic mass is 16.2. The van der Waals surface area contributed by atoms with E-state index in [1.807, 2.05) is 42.2 Å². The summed E-state index contributed by atoms with van der Waals surface area (Å²) in [5.74, 6) is -0.00875. The second-order valence-corrected chi connectivity index (χ2v) is 4.92. The molecule has 1 aromatic rings. The number of hydrogen-bond donors (Lipinski definition) is 1. The lowest BCUT2D eigenvalue weighted by atomic mass is 9.91. The second-order valence-electron chi connectivity index (χ2n) is 4.92. The predicted molar refractivity (Wildman–Crippen MR) is 75.1 cm³/mol. The van der Waals surface area contributed by atoms with E-state index in [9.17, 15) is 4.79 Å². The van der Waals surface area contributed by atoms with Crippen LogP contribution in [0, 0.1) is 0 Å². The van der Waals surface area contributed by atoms with E-state index in [4.69, 9.17) is 5.73 Å². The lowest BCUT2D eigenvalue weighted by molar-refractivity contribution is -0.138. The number of nitrogens with two attached hydrogens (primary N) is 1. The fourth-order valence-corrected chi connectivity index (χ4v) is 2.08. The molecule has 1 aromatic carbocycles. The van der Waals surface area contributed by atoms with Gasteiger partial charge in [-0.3, -0.25) is 4.79 Å². The molecule has 0 saturated heterocycles. The quantitative estimate of drug-likeness (QED) is 0.870. The van der Waals surface area contributed by atoms with Crippen molar-refractivity contribution in [2.24, 2.45) is 5.73 Å². The first kappa shape index (κ1) is 14.7. The van der Waals surface area contributed by atoms with E-state index >= 15 is 0 Å². The van der Waals surface area contributed by atoms with Gasteiger partial charge in [-0.05, 0) is 32.8 Å². The first-order valence-electron chi connectivity index (χ1n) is 6.60. The van der Waals surface area contributed by atoms with Crippen molar-refractivity contribution in [2.45, 2.75) is 45.7 Å². The number of carbonyl (C=O) groups is 1. The van der Waals surface area contributed by atoms with Gasteiger partial charge in [-0.2, -0.15) is 0 Å². The Labute approximate surface area is 110 Å². The molecule has 3 nitrogen and oxygen atoms in total. The third-order valence-corrected chi connectivity index (χ3v) is 3.54. The maximum Gasteiger partial charge on any atom is 0.247 e. The van der Waals surface area contributed by atoms with Crippen LogP contribution in [0.5, 0.6) is 0 Å². The van der Waals surface area contributed by atoms with Gasteiger partial charge in [-0.25, -0.2) is 0 Å². The minimum Gasteiger partial charge on any atom is -0.338 e. The average Bonchev–Trinajstić information content (AvgIpc) is 2.40. The van der Waals surface area contributed by atoms with E-state index in [0.717, 1.165) is 12.0 Å². The Morgan fingerprint density at radius 1 is 1.33 bits per heavy atom. The van der Waals surface area contributed by atoms with Gasteiger partial charge in [-0.15, -0.1) is 0 Å². The van der Waals surface area contributed by atoms with Crippen LogP contribution in [0.1, 0.15) is 39.7 Å². The molecule has 0 aromatic heterocycles. The zero-order chi connectivity index (χ0) is 13.8. The molecule has 1 rings (SSSR count). The fraction of sp³-hybridized carbons (Fsp3) is 0.533. The third-order valence-electron chi connectivity index (χ3n) is 3.54. The fourth-order valence-electron chi connectivity index (χ4n) is 2.08. The molecular weight excluding hydrogens is 224 g/mol. The van der Waals surface area contributed by atoms with Crippen LogP contribution in [0.2, 0.25) is 0 Å². The van der Waals surface area contributed by atoms with Crippen LogP contribution < -0.4 is 5.73 Å². The first-order chi connectivity index (χ1) is 8.45. The SMILES string of the molecule is CCC(C)N(CC)C(=O)C(C)(N)c1ccccc1. The van der Waals surface area contributed by atoms with Gasteiger partial charge >= 0.3 is 0 Å². The first-order valence-corrected chi connectivity index (χ1v) is 6.60. The van der Waals surface area contributed by atoms with Crippen LogP contribution in [-0.2, 0) is 10.3 Å². The normalized spacial score (nSPS) is 15.8. The van der Waals surface area contributed by atoms with Crippen molar-refractivity contribution in [1.82, 2.24) is 4.90 Å². The number of amides is 1. The summed E-state index contributed by atoms with van der Waals surface area (Å²) in [6.07, 6.45) is 0.935. The van der Waals surface area contributed by atoms with Gasteiger partial charge in [0.25, 0.3) is 0 Å². The molecule has 0 radical (unpaired) electrons. The van der Waals surface area contributed by atoms with Gasteiger partial charge in [0.05, 0.1) is 0 Å². The number of nitrogens with zero attached hydrogens (tertiary/aromatic N) is 1. The Morgan fingerprint density at radius 3 is 2.33 bits per heavy atom. The highest BCUT2D eigenvalue weighted by Gasteiger charge is 2.35. The summed E-state index contributed by atoms with van der Waals surface area (Å²) < 4.78 is 0. The molecule has 2 unspecified atom stereocenters. The Bertz CT molecular complexity index is 387. The van der Waals surface area contributed by atoms with Gasteiger partial charge in [0.2, 0.25) is 5.91 Å². The van der Waals surface area contributed by atoms with Crippen LogP contribution in [0.4, 0.5) is 0 Å². The Kier molecular flexibility index (Phi) is 4.91. The highest BCUT2D eigenvalue weighted by Crippen LogP contribution is 2.22. The molecule has 3 heteroatoms. The van der Waals surface area contributed by atoms with Crippen molar-refractivity contribution in [2.75, 3.05) is 6.54 Å². The summed E-state index contributed by atoms with van der Waals surface area (Å²) in [6.45, 7) is 8.60. The van der Waals surface area contributed by atoms with Gasteiger partial charge in [0.1, 0.15) is 5.54 Å². The van der Waals surface area contributed by atoms with Crippen molar-refractivity contribution in [3.63, 3.8) is 0 Å². The molecule has 0 spiro atoms. The van der Waals surface area contributed by atoms with E-state index in [1.165, 1.54) is 0 Å². The van der Waals surface area contributed by atoms with E-state index in [1.54, 1.807) is 6.92 Å². The van der Waals surface area contributed by atoms with Crippen molar-refractivity contribution < 1.29 is 4.79 Å². The van der Waals surface area contributed by atoms with Crippen LogP contribution in [-0.4, -0.2) is 23.4 Å². The van der Waals surface area contributed by atoms with E-state index in [-0.39, 0.29) is 11.9 Å². The Hall–Kier alpha value is -1.35. The average molecular weight is 248 g/mol. The number of benzene rings is 1. The summed E-state index contributed by atoms with van der Waals surface area (Å²) in [5.41, 5.74) is 6.16. The minimum absolute atomic E-state index is 0.00875. The molecule has 0 aliphatic rings. The lowest BCUT2D eigenvalue weighted by Crippen LogP contribution is -2.53. The van der Waals surface area contributed by atoms with Crippen molar-refractivity contribution in [3.05, 3.63) is 35.9 Å². The lowest BCUT2D eigenvalue weighted by Gasteiger charge is -2.35. The van der Waals surface area contributed by atoms with E-state index in [2.05, 4.69) is 13.8 Å². The largest absolute Gasteiger partial charge is 0.338 e. The Morgan fingerprint density at radius 2 is 1.89 bits per heavy atom. The topological polar surface area (TPSA) is 46.3 Å². The van der Waals surface area contributed by atoms with Crippen molar-refractivity contribution in [3.8, 4) is 0 Å². The molecular formula is C15H24N2O. The van der Waals surface area contributed by atoms with Gasteiger partial charge in [0, 0.05) is 12.6 Å². The summed E-state index contributed by atoms with van der Waals surface area (Å²) >= 11 is 0. The highest BCUT2D eigenvalue weighted by molar-refractivity contribution is 5.87. The number of hydrogen-bond acceptors (Lipinski definition) is 2. The van der Waals surface area contributed by atoms with Gasteiger partial charge < -0.3 is 10.6 Å². The Balaban J connectivity index is 3.01. The summed E-state index contributed by atoms with van der Waals surface area (Å²) in [7, 11) is 0. The zero-order valence-corrected chi connectivity index (χ0v) is 11.8. The third kappa shape index (κ3) is 2.91. The van der Waals surface area contributed by atoms with Gasteiger partial charge in [0.15, 0.2) is 0 Å². The van der Waals surface area contributed by atoms with Crippen molar-refractivity contribution in [1.29, 1.82) is 0 Å². The molecule has 2 atom stereocenters. The maximum atomic E-state index is 12.6. The molecule has 0 aliphatic heterocycles. The molecule has 100 valence electrons. The molecule has 18 heavy (non-hydrogen) atoms. The second kappa shape index (κ2) is 6.01. The number of likely N-dealkylation sites (N-methyl/N-ethyl adjacent to an activating group) is 1. The molecule has 0 aliphatic carbocycles. The number of rotatable bonds is 5. The summed E-state index contributed by atoms with van der Waals surface area (Å²) in [5, 5.41) is 0. The molecule has 2 N–H and O–H groups in total. The number of carbonyl (C=O) groups excluding carboxylic acids is 1. The molecule has 0 fully saturated rings. The monoisotopic (exact) mass is 248 g/mol. The van der Waals surface area contributed by atoms with Crippen LogP contribution in [0.25, 0.3) is 0 Å². The smallest absolute Gasteiger partial charge is 0.247 e. The predicted octanol–water partition coefficient (Wildman–Crippen LogP) is 2.51. The maximum absolute atomic E-state index is 12.6. The molecule has 1 amide bonds. The van der Waals surface area contributed by atoms with Gasteiger partial charge in [-0.1, -0.05) is 37.3 Å². The van der Waals surface area contributed by atoms with Crippen LogP contribution in [0.3, 0.4) is 0 Å². The zero-order valence-electron chi connectivity index (χ0n) is 11.8. The van der Waals surface area contributed by atoms with E-state index in [0.29, 0.717) is 6.54 Å². The summed E-state index contributed by atoms with van der Waals surface area (Å²) in [4.78, 5) is 14.5. The molecule has 0 saturated carbocycles. The molecule has 0 bridgehead atoms. The molecule has 0 heterocycles. The van der Waals surface area contributed by atoms with Crippen LogP contribution in [0.15, 0.2) is 30.3 Å². The van der Waals surface area contributed by atoms with Crippen molar-refractivity contribution >= 4 is 5.91 Å².